The van der Waals surface area contributed by atoms with E-state index in [9.17, 15) is 0 Å². The van der Waals surface area contributed by atoms with E-state index >= 15 is 0 Å². The van der Waals surface area contributed by atoms with Crippen molar-refractivity contribution in [1.82, 2.24) is 14.8 Å². The zero-order valence-electron chi connectivity index (χ0n) is 15.7. The Labute approximate surface area is 163 Å². The highest BCUT2D eigenvalue weighted by Gasteiger charge is 2.18. The summed E-state index contributed by atoms with van der Waals surface area (Å²) in [7, 11) is 3.31. The molecule has 0 aliphatic rings. The third-order valence-electron chi connectivity index (χ3n) is 3.97. The first kappa shape index (κ1) is 19.3. The van der Waals surface area contributed by atoms with Gasteiger partial charge in [-0.15, -0.1) is 10.2 Å². The topological polar surface area (TPSA) is 58.4 Å². The summed E-state index contributed by atoms with van der Waals surface area (Å²) in [5.41, 5.74) is 1.85. The van der Waals surface area contributed by atoms with Gasteiger partial charge < -0.3 is 14.2 Å². The molecule has 0 spiro atoms. The Bertz CT molecular complexity index is 865. The zero-order chi connectivity index (χ0) is 19.1. The van der Waals surface area contributed by atoms with Crippen LogP contribution in [0.15, 0.2) is 53.7 Å². The van der Waals surface area contributed by atoms with Crippen molar-refractivity contribution in [3.05, 3.63) is 48.5 Å². The number of para-hydroxylation sites is 1. The van der Waals surface area contributed by atoms with Crippen molar-refractivity contribution in [2.24, 2.45) is 0 Å². The van der Waals surface area contributed by atoms with Crippen LogP contribution >= 0.6 is 11.8 Å². The van der Waals surface area contributed by atoms with Crippen molar-refractivity contribution in [2.45, 2.75) is 12.1 Å². The lowest BCUT2D eigenvalue weighted by atomic mass is 10.2. The molecule has 1 aromatic heterocycles. The fraction of sp³-hybridized carbons (Fsp3) is 0.300. The van der Waals surface area contributed by atoms with Gasteiger partial charge in [0.15, 0.2) is 11.0 Å². The highest BCUT2D eigenvalue weighted by Crippen LogP contribution is 2.33. The second-order valence-electron chi connectivity index (χ2n) is 5.59. The Balaban J connectivity index is 2.03. The van der Waals surface area contributed by atoms with Gasteiger partial charge >= 0.3 is 0 Å². The Hall–Kier alpha value is -2.51. The van der Waals surface area contributed by atoms with Crippen LogP contribution in [0.25, 0.3) is 17.1 Å². The molecule has 0 saturated heterocycles. The second-order valence-corrected chi connectivity index (χ2v) is 6.65. The second kappa shape index (κ2) is 9.43. The predicted molar refractivity (Wildman–Crippen MR) is 107 cm³/mol. The lowest BCUT2D eigenvalue weighted by Crippen LogP contribution is -2.02. The summed E-state index contributed by atoms with van der Waals surface area (Å²) < 4.78 is 18.3. The molecule has 0 fully saturated rings. The van der Waals surface area contributed by atoms with Crippen LogP contribution in [-0.4, -0.2) is 48.0 Å². The standard InChI is InChI=1S/C20H23N3O3S/c1-4-26-13-14-27-20-22-21-19(17-7-5-6-8-18(17)25-3)23(20)15-9-11-16(24-2)12-10-15/h5-12H,4,13-14H2,1-3H3. The number of benzene rings is 2. The Kier molecular flexibility index (Phi) is 6.73. The van der Waals surface area contributed by atoms with Crippen LogP contribution in [0.3, 0.4) is 0 Å². The third kappa shape index (κ3) is 4.43. The molecule has 142 valence electrons. The Morgan fingerprint density at radius 2 is 1.74 bits per heavy atom. The van der Waals surface area contributed by atoms with E-state index in [1.54, 1.807) is 26.0 Å². The summed E-state index contributed by atoms with van der Waals surface area (Å²) in [5.74, 6) is 3.09. The number of methoxy groups -OCH3 is 2. The third-order valence-corrected chi connectivity index (χ3v) is 4.87. The van der Waals surface area contributed by atoms with Gasteiger partial charge in [0.25, 0.3) is 0 Å². The molecule has 0 bridgehead atoms. The fourth-order valence-corrected chi connectivity index (χ4v) is 3.47. The van der Waals surface area contributed by atoms with Gasteiger partial charge in [-0.25, -0.2) is 0 Å². The molecule has 6 nitrogen and oxygen atoms in total. The molecular weight excluding hydrogens is 362 g/mol. The molecule has 3 aromatic rings. The van der Waals surface area contributed by atoms with E-state index in [0.717, 1.165) is 39.5 Å². The number of thioether (sulfide) groups is 1. The van der Waals surface area contributed by atoms with Crippen molar-refractivity contribution < 1.29 is 14.2 Å². The highest BCUT2D eigenvalue weighted by atomic mass is 32.2. The van der Waals surface area contributed by atoms with Gasteiger partial charge in [0.05, 0.1) is 32.1 Å². The first-order valence-electron chi connectivity index (χ1n) is 8.72. The van der Waals surface area contributed by atoms with Gasteiger partial charge in [-0.2, -0.15) is 0 Å². The van der Waals surface area contributed by atoms with E-state index in [2.05, 4.69) is 10.2 Å². The van der Waals surface area contributed by atoms with Gasteiger partial charge in [0, 0.05) is 12.4 Å². The lowest BCUT2D eigenvalue weighted by molar-refractivity contribution is 0.164. The zero-order valence-corrected chi connectivity index (χ0v) is 16.5. The van der Waals surface area contributed by atoms with Crippen molar-refractivity contribution in [1.29, 1.82) is 0 Å². The number of hydrogen-bond donors (Lipinski definition) is 0. The molecule has 1 heterocycles. The minimum absolute atomic E-state index is 0.667. The van der Waals surface area contributed by atoms with Crippen molar-refractivity contribution >= 4 is 11.8 Å². The van der Waals surface area contributed by atoms with Gasteiger partial charge in [-0.05, 0) is 43.3 Å². The quantitative estimate of drug-likeness (QED) is 0.409. The first-order valence-corrected chi connectivity index (χ1v) is 9.70. The van der Waals surface area contributed by atoms with Crippen LogP contribution in [0, 0.1) is 0 Å². The molecule has 7 heteroatoms. The molecule has 0 aliphatic carbocycles. The molecule has 0 aliphatic heterocycles. The van der Waals surface area contributed by atoms with Gasteiger partial charge in [-0.3, -0.25) is 4.57 Å². The molecule has 0 atom stereocenters. The maximum Gasteiger partial charge on any atom is 0.196 e. The van der Waals surface area contributed by atoms with Gasteiger partial charge in [-0.1, -0.05) is 23.9 Å². The molecule has 0 radical (unpaired) electrons. The average molecular weight is 385 g/mol. The largest absolute Gasteiger partial charge is 0.497 e. The minimum Gasteiger partial charge on any atom is -0.497 e. The normalized spacial score (nSPS) is 10.8. The first-order chi connectivity index (χ1) is 13.3. The molecule has 0 unspecified atom stereocenters. The van der Waals surface area contributed by atoms with E-state index in [-0.39, 0.29) is 0 Å². The SMILES string of the molecule is CCOCCSc1nnc(-c2ccccc2OC)n1-c1ccc(OC)cc1. The minimum atomic E-state index is 0.667. The molecule has 27 heavy (non-hydrogen) atoms. The molecule has 3 rings (SSSR count). The smallest absolute Gasteiger partial charge is 0.196 e. The van der Waals surface area contributed by atoms with Crippen LogP contribution < -0.4 is 9.47 Å². The summed E-state index contributed by atoms with van der Waals surface area (Å²) in [4.78, 5) is 0. The molecular formula is C20H23N3O3S. The predicted octanol–water partition coefficient (Wildman–Crippen LogP) is 4.08. The monoisotopic (exact) mass is 385 g/mol. The maximum absolute atomic E-state index is 5.52. The van der Waals surface area contributed by atoms with Crippen LogP contribution in [-0.2, 0) is 4.74 Å². The Morgan fingerprint density at radius 1 is 0.963 bits per heavy atom. The fourth-order valence-electron chi connectivity index (χ4n) is 2.67. The summed E-state index contributed by atoms with van der Waals surface area (Å²) in [6, 6.07) is 15.6. The van der Waals surface area contributed by atoms with Crippen molar-refractivity contribution in [3.8, 4) is 28.6 Å². The number of nitrogens with zero attached hydrogens (tertiary/aromatic N) is 3. The number of ether oxygens (including phenoxy) is 3. The summed E-state index contributed by atoms with van der Waals surface area (Å²) in [6.07, 6.45) is 0. The van der Waals surface area contributed by atoms with E-state index in [1.165, 1.54) is 0 Å². The van der Waals surface area contributed by atoms with E-state index in [4.69, 9.17) is 14.2 Å². The number of hydrogen-bond acceptors (Lipinski definition) is 6. The summed E-state index contributed by atoms with van der Waals surface area (Å²) in [5, 5.41) is 9.68. The molecule has 0 amide bonds. The molecule has 0 saturated carbocycles. The average Bonchev–Trinajstić information content (AvgIpc) is 3.15. The van der Waals surface area contributed by atoms with Gasteiger partial charge in [0.2, 0.25) is 0 Å². The highest BCUT2D eigenvalue weighted by molar-refractivity contribution is 7.99. The summed E-state index contributed by atoms with van der Waals surface area (Å²) in [6.45, 7) is 3.36. The number of rotatable bonds is 9. The Morgan fingerprint density at radius 3 is 2.44 bits per heavy atom. The van der Waals surface area contributed by atoms with E-state index < -0.39 is 0 Å². The van der Waals surface area contributed by atoms with Crippen LogP contribution in [0.5, 0.6) is 11.5 Å². The maximum atomic E-state index is 5.52. The lowest BCUT2D eigenvalue weighted by Gasteiger charge is -2.13. The van der Waals surface area contributed by atoms with Crippen molar-refractivity contribution in [2.75, 3.05) is 33.2 Å². The van der Waals surface area contributed by atoms with Gasteiger partial charge in [0.1, 0.15) is 11.5 Å². The molecule has 2 aromatic carbocycles. The van der Waals surface area contributed by atoms with Crippen LogP contribution in [0.4, 0.5) is 0 Å². The van der Waals surface area contributed by atoms with Crippen molar-refractivity contribution in [3.63, 3.8) is 0 Å². The van der Waals surface area contributed by atoms with E-state index in [1.807, 2.05) is 60.0 Å². The van der Waals surface area contributed by atoms with E-state index in [0.29, 0.717) is 13.2 Å². The summed E-state index contributed by atoms with van der Waals surface area (Å²) >= 11 is 1.61. The van der Waals surface area contributed by atoms with Crippen LogP contribution in [0.1, 0.15) is 6.92 Å². The number of aromatic nitrogens is 3. The molecule has 0 N–H and O–H groups in total. The van der Waals surface area contributed by atoms with Crippen LogP contribution in [0.2, 0.25) is 0 Å².